The Morgan fingerprint density at radius 1 is 0.812 bits per heavy atom. The van der Waals surface area contributed by atoms with Gasteiger partial charge in [0.05, 0.1) is 6.61 Å². The Balaban J connectivity index is 3.41. The molecular weight excluding hydrogens is 501 g/mol. The van der Waals surface area contributed by atoms with Crippen molar-refractivity contribution in [2.24, 2.45) is 0 Å². The molecule has 15 nitrogen and oxygen atoms in total. The van der Waals surface area contributed by atoms with Crippen molar-refractivity contribution in [3.63, 3.8) is 0 Å². The van der Waals surface area contributed by atoms with Crippen molar-refractivity contribution in [1.82, 2.24) is 0 Å². The number of hydrogen-bond acceptors (Lipinski definition) is 12. The van der Waals surface area contributed by atoms with Gasteiger partial charge >= 0.3 is 22.8 Å². The van der Waals surface area contributed by atoms with Gasteiger partial charge in [-0.15, -0.1) is 0 Å². The molecular formula is C14H31O15P3. The molecule has 0 radical (unpaired) electrons. The van der Waals surface area contributed by atoms with Crippen LogP contribution >= 0.6 is 22.8 Å². The van der Waals surface area contributed by atoms with E-state index in [1.807, 2.05) is 6.92 Å². The van der Waals surface area contributed by atoms with E-state index in [0.29, 0.717) is 6.42 Å². The first-order chi connectivity index (χ1) is 14.8. The van der Waals surface area contributed by atoms with Gasteiger partial charge in [-0.25, -0.2) is 0 Å². The van der Waals surface area contributed by atoms with Crippen LogP contribution in [0.3, 0.4) is 0 Å². The Morgan fingerprint density at radius 2 is 1.28 bits per heavy atom. The zero-order chi connectivity index (χ0) is 24.6. The van der Waals surface area contributed by atoms with Crippen LogP contribution in [0.2, 0.25) is 0 Å². The largest absolute Gasteiger partial charge is 0.384 e. The van der Waals surface area contributed by atoms with Crippen molar-refractivity contribution >= 4 is 22.8 Å². The maximum absolute atomic E-state index is 12.1. The smallest absolute Gasteiger partial charge is 0.353 e. The summed E-state index contributed by atoms with van der Waals surface area (Å²) in [6.45, 7) is 1.87. The third-order valence-electron chi connectivity index (χ3n) is 4.14. The molecule has 0 aromatic carbocycles. The molecule has 1 fully saturated rings. The van der Waals surface area contributed by atoms with Gasteiger partial charge in [-0.05, 0) is 6.42 Å². The highest BCUT2D eigenvalue weighted by molar-refractivity contribution is 7.53. The van der Waals surface area contributed by atoms with Crippen LogP contribution in [-0.4, -0.2) is 100 Å². The Kier molecular flexibility index (Phi) is 12.6. The van der Waals surface area contributed by atoms with Crippen molar-refractivity contribution < 1.29 is 71.5 Å². The lowest BCUT2D eigenvalue weighted by molar-refractivity contribution is -0.284. The molecule has 8 atom stereocenters. The molecule has 0 saturated carbocycles. The van der Waals surface area contributed by atoms with Gasteiger partial charge in [-0.1, -0.05) is 13.3 Å². The number of methoxy groups -OCH3 is 1. The number of aliphatic hydroxyl groups excluding tert-OH is 3. The first kappa shape index (κ1) is 30.2. The second kappa shape index (κ2) is 13.3. The van der Waals surface area contributed by atoms with Gasteiger partial charge in [0.25, 0.3) is 0 Å². The first-order valence-corrected chi connectivity index (χ1v) is 14.7. The third kappa shape index (κ3) is 9.46. The van der Waals surface area contributed by atoms with Gasteiger partial charge in [0, 0.05) is 13.7 Å². The molecule has 0 aromatic heterocycles. The van der Waals surface area contributed by atoms with E-state index in [9.17, 15) is 28.4 Å². The predicted octanol–water partition coefficient (Wildman–Crippen LogP) is -0.264. The van der Waals surface area contributed by atoms with Gasteiger partial charge < -0.3 is 44.2 Å². The minimum absolute atomic E-state index is 0.258. The molecule has 1 aliphatic rings. The number of aliphatic hydroxyl groups is 3. The highest BCUT2D eigenvalue weighted by Crippen LogP contribution is 2.52. The van der Waals surface area contributed by atoms with Gasteiger partial charge in [-0.2, -0.15) is 0 Å². The van der Waals surface area contributed by atoms with Crippen LogP contribution in [0.1, 0.15) is 19.8 Å². The lowest BCUT2D eigenvalue weighted by Crippen LogP contribution is -2.61. The molecule has 0 aromatic rings. The molecule has 1 aliphatic heterocycles. The lowest BCUT2D eigenvalue weighted by atomic mass is 9.99. The molecule has 32 heavy (non-hydrogen) atoms. The van der Waals surface area contributed by atoms with E-state index in [-0.39, 0.29) is 13.2 Å². The third-order valence-corrected chi connectivity index (χ3v) is 6.93. The molecule has 0 bridgehead atoms. The van der Waals surface area contributed by atoms with Gasteiger partial charge in [0.1, 0.15) is 43.5 Å². The standard InChI is InChI=1S/C14H31O15P3/c1-3-4-5-25-6-10-11(27-30(18,19)7-15)12(28-31(20,21)8-16)13(14(24-2)26-10)29-32(22,23)9-17/h10-17H,3-9H2,1-2H3,(H,18,19)(H,20,21)(H,22,23)/t10-,11-,12+,13-,14+/m1/s1. The molecule has 1 saturated heterocycles. The second-order valence-electron chi connectivity index (χ2n) is 6.75. The molecule has 0 aliphatic carbocycles. The minimum Gasteiger partial charge on any atom is -0.384 e. The Labute approximate surface area is 184 Å². The monoisotopic (exact) mass is 532 g/mol. The molecule has 1 rings (SSSR count). The fraction of sp³-hybridized carbons (Fsp3) is 1.00. The van der Waals surface area contributed by atoms with Gasteiger partial charge in [0.15, 0.2) is 6.29 Å². The number of ether oxygens (including phenoxy) is 3. The van der Waals surface area contributed by atoms with E-state index in [0.717, 1.165) is 13.5 Å². The van der Waals surface area contributed by atoms with Crippen molar-refractivity contribution in [3.05, 3.63) is 0 Å². The highest BCUT2D eigenvalue weighted by Gasteiger charge is 2.54. The molecule has 192 valence electrons. The summed E-state index contributed by atoms with van der Waals surface area (Å²) < 4.78 is 67.2. The quantitative estimate of drug-likeness (QED) is 0.118. The van der Waals surface area contributed by atoms with Gasteiger partial charge in [0.2, 0.25) is 0 Å². The zero-order valence-corrected chi connectivity index (χ0v) is 20.2. The van der Waals surface area contributed by atoms with Crippen LogP contribution in [0.25, 0.3) is 0 Å². The number of unbranched alkanes of at least 4 members (excludes halogenated alkanes) is 1. The summed E-state index contributed by atoms with van der Waals surface area (Å²) in [5.74, 6) is 0. The molecule has 3 unspecified atom stereocenters. The summed E-state index contributed by atoms with van der Waals surface area (Å²) >= 11 is 0. The van der Waals surface area contributed by atoms with E-state index in [4.69, 9.17) is 43.1 Å². The van der Waals surface area contributed by atoms with Crippen LogP contribution in [0, 0.1) is 0 Å². The fourth-order valence-corrected chi connectivity index (χ4v) is 4.73. The van der Waals surface area contributed by atoms with Crippen molar-refractivity contribution in [2.75, 3.05) is 39.4 Å². The fourth-order valence-electron chi connectivity index (χ4n) is 2.68. The summed E-state index contributed by atoms with van der Waals surface area (Å²) in [5.41, 5.74) is 0. The predicted molar refractivity (Wildman–Crippen MR) is 107 cm³/mol. The van der Waals surface area contributed by atoms with E-state index in [1.54, 1.807) is 0 Å². The Hall–Kier alpha value is 0.210. The average Bonchev–Trinajstić information content (AvgIpc) is 2.74. The van der Waals surface area contributed by atoms with Crippen molar-refractivity contribution in [1.29, 1.82) is 0 Å². The average molecular weight is 532 g/mol. The zero-order valence-electron chi connectivity index (χ0n) is 17.5. The minimum atomic E-state index is -4.79. The van der Waals surface area contributed by atoms with Crippen LogP contribution in [0.4, 0.5) is 0 Å². The number of rotatable bonds is 15. The SMILES string of the molecule is CCCCOC[C@H]1O[C@H](OC)[C@H](OP(=O)(O)CO)[C@@H](OP(=O)(O)CO)[C@@H]1OP(=O)(O)CO. The Bertz CT molecular complexity index is 705. The molecule has 1 heterocycles. The highest BCUT2D eigenvalue weighted by atomic mass is 31.2. The maximum atomic E-state index is 12.1. The summed E-state index contributed by atoms with van der Waals surface area (Å²) in [4.78, 5) is 29.3. The van der Waals surface area contributed by atoms with Crippen molar-refractivity contribution in [3.8, 4) is 0 Å². The molecule has 0 amide bonds. The van der Waals surface area contributed by atoms with Gasteiger partial charge in [-0.3, -0.25) is 27.3 Å². The molecule has 0 spiro atoms. The van der Waals surface area contributed by atoms with E-state index < -0.39 is 72.5 Å². The maximum Gasteiger partial charge on any atom is 0.353 e. The summed E-state index contributed by atoms with van der Waals surface area (Å²) in [7, 11) is -13.1. The van der Waals surface area contributed by atoms with E-state index in [1.165, 1.54) is 0 Å². The van der Waals surface area contributed by atoms with Crippen LogP contribution < -0.4 is 0 Å². The van der Waals surface area contributed by atoms with Crippen molar-refractivity contribution in [2.45, 2.75) is 50.5 Å². The van der Waals surface area contributed by atoms with E-state index in [2.05, 4.69) is 0 Å². The van der Waals surface area contributed by atoms with E-state index >= 15 is 0 Å². The summed E-state index contributed by atoms with van der Waals surface area (Å²) in [5, 5.41) is 27.4. The second-order valence-corrected chi connectivity index (χ2v) is 12.1. The van der Waals surface area contributed by atoms with Crippen LogP contribution in [0.5, 0.6) is 0 Å². The number of hydrogen-bond donors (Lipinski definition) is 6. The van der Waals surface area contributed by atoms with Crippen LogP contribution in [0.15, 0.2) is 0 Å². The summed E-state index contributed by atoms with van der Waals surface area (Å²) in [6, 6.07) is 0. The Morgan fingerprint density at radius 3 is 1.72 bits per heavy atom. The summed E-state index contributed by atoms with van der Waals surface area (Å²) in [6.07, 6.45) is -11.0. The molecule has 18 heteroatoms. The molecule has 6 N–H and O–H groups in total. The normalized spacial score (nSPS) is 32.1. The first-order valence-electron chi connectivity index (χ1n) is 9.44. The lowest BCUT2D eigenvalue weighted by Gasteiger charge is -2.45. The topological polar surface area (TPSA) is 228 Å². The van der Waals surface area contributed by atoms with Crippen LogP contribution in [-0.2, 0) is 41.5 Å².